The van der Waals surface area contributed by atoms with Crippen molar-refractivity contribution < 1.29 is 4.74 Å². The predicted octanol–water partition coefficient (Wildman–Crippen LogP) is 2.79. The Kier molecular flexibility index (Phi) is 3.82. The van der Waals surface area contributed by atoms with Gasteiger partial charge in [0.1, 0.15) is 11.4 Å². The topological polar surface area (TPSA) is 47.6 Å². The molecule has 0 bridgehead atoms. The Bertz CT molecular complexity index is 428. The second-order valence-corrected chi connectivity index (χ2v) is 4.45. The molecule has 0 amide bonds. The number of nitrogens with two attached hydrogens (primary N) is 1. The molecule has 0 saturated carbocycles. The van der Waals surface area contributed by atoms with Gasteiger partial charge in [-0.25, -0.2) is 0 Å². The van der Waals surface area contributed by atoms with E-state index in [0.29, 0.717) is 11.6 Å². The highest BCUT2D eigenvalue weighted by Gasteiger charge is 2.29. The van der Waals surface area contributed by atoms with E-state index in [4.69, 9.17) is 22.1 Å². The van der Waals surface area contributed by atoms with Crippen LogP contribution in [0.25, 0.3) is 0 Å². The van der Waals surface area contributed by atoms with E-state index in [-0.39, 0.29) is 5.60 Å². The van der Waals surface area contributed by atoms with Crippen LogP contribution in [0, 0.1) is 0 Å². The molecule has 0 radical (unpaired) electrons. The van der Waals surface area contributed by atoms with Crippen LogP contribution in [0.1, 0.15) is 12.8 Å². The van der Waals surface area contributed by atoms with Gasteiger partial charge in [0.05, 0.1) is 0 Å². The van der Waals surface area contributed by atoms with Crippen molar-refractivity contribution in [2.45, 2.75) is 18.4 Å². The van der Waals surface area contributed by atoms with Gasteiger partial charge in [0.15, 0.2) is 0 Å². The summed E-state index contributed by atoms with van der Waals surface area (Å²) in [5, 5.41) is 0.700. The lowest BCUT2D eigenvalue weighted by atomic mass is 9.94. The van der Waals surface area contributed by atoms with Crippen molar-refractivity contribution in [3.05, 3.63) is 41.6 Å². The highest BCUT2D eigenvalue weighted by molar-refractivity contribution is 6.30. The monoisotopic (exact) mass is 250 g/mol. The van der Waals surface area contributed by atoms with Crippen LogP contribution in [0.15, 0.2) is 41.5 Å². The van der Waals surface area contributed by atoms with Crippen LogP contribution in [0.5, 0.6) is 5.75 Å². The average Bonchev–Trinajstić information content (AvgIpc) is 2.34. The number of nitrogens with zero attached hydrogens (tertiary/aromatic N) is 1. The van der Waals surface area contributed by atoms with Crippen molar-refractivity contribution in [3.8, 4) is 5.75 Å². The van der Waals surface area contributed by atoms with E-state index in [1.807, 2.05) is 36.6 Å². The Morgan fingerprint density at radius 3 is 2.71 bits per heavy atom. The number of halogens is 1. The molecule has 1 aromatic rings. The highest BCUT2D eigenvalue weighted by atomic mass is 35.5. The molecule has 2 rings (SSSR count). The van der Waals surface area contributed by atoms with Crippen LogP contribution < -0.4 is 10.5 Å². The number of rotatable bonds is 4. The fraction of sp³-hybridized carbons (Fsp3) is 0.308. The van der Waals surface area contributed by atoms with Crippen LogP contribution in [0.3, 0.4) is 0 Å². The average molecular weight is 251 g/mol. The molecule has 1 heterocycles. The van der Waals surface area contributed by atoms with Gasteiger partial charge in [0.25, 0.3) is 0 Å². The largest absolute Gasteiger partial charge is 0.483 e. The van der Waals surface area contributed by atoms with Crippen molar-refractivity contribution in [3.63, 3.8) is 0 Å². The van der Waals surface area contributed by atoms with Gasteiger partial charge in [0.2, 0.25) is 0 Å². The van der Waals surface area contributed by atoms with E-state index in [9.17, 15) is 0 Å². The normalized spacial score (nSPS) is 22.7. The van der Waals surface area contributed by atoms with Gasteiger partial charge in [0, 0.05) is 30.3 Å². The Balaban J connectivity index is 2.15. The van der Waals surface area contributed by atoms with Crippen LogP contribution >= 0.6 is 11.6 Å². The summed E-state index contributed by atoms with van der Waals surface area (Å²) in [6.45, 7) is 0.575. The van der Waals surface area contributed by atoms with E-state index < -0.39 is 0 Å². The molecule has 4 heteroatoms. The van der Waals surface area contributed by atoms with Crippen molar-refractivity contribution >= 4 is 17.8 Å². The van der Waals surface area contributed by atoms with Crippen LogP contribution in [0.2, 0.25) is 5.02 Å². The third kappa shape index (κ3) is 3.08. The molecule has 1 aromatic carbocycles. The van der Waals surface area contributed by atoms with Crippen LogP contribution in [0.4, 0.5) is 0 Å². The van der Waals surface area contributed by atoms with Gasteiger partial charge in [-0.1, -0.05) is 11.6 Å². The SMILES string of the molecule is NCCC1(Oc2ccc(Cl)cc2)C=CN=CC1. The molecule has 90 valence electrons. The Morgan fingerprint density at radius 1 is 1.35 bits per heavy atom. The van der Waals surface area contributed by atoms with Gasteiger partial charge >= 0.3 is 0 Å². The summed E-state index contributed by atoms with van der Waals surface area (Å²) in [6.07, 6.45) is 7.08. The fourth-order valence-corrected chi connectivity index (χ4v) is 1.93. The minimum atomic E-state index is -0.371. The predicted molar refractivity (Wildman–Crippen MR) is 70.7 cm³/mol. The van der Waals surface area contributed by atoms with Gasteiger partial charge in [-0.2, -0.15) is 0 Å². The first-order valence-corrected chi connectivity index (χ1v) is 5.96. The summed E-state index contributed by atoms with van der Waals surface area (Å²) < 4.78 is 6.02. The summed E-state index contributed by atoms with van der Waals surface area (Å²) in [7, 11) is 0. The standard InChI is InChI=1S/C13H15ClN2O/c14-11-1-3-12(4-2-11)17-13(5-8-15)6-9-16-10-7-13/h1-4,6,9-10H,5,7-8,15H2. The first-order chi connectivity index (χ1) is 8.24. The molecule has 1 aliphatic rings. The number of hydrogen-bond acceptors (Lipinski definition) is 3. The van der Waals surface area contributed by atoms with Gasteiger partial charge in [-0.15, -0.1) is 0 Å². The Morgan fingerprint density at radius 2 is 2.12 bits per heavy atom. The van der Waals surface area contributed by atoms with Gasteiger partial charge in [-0.3, -0.25) is 4.99 Å². The first kappa shape index (κ1) is 12.1. The smallest absolute Gasteiger partial charge is 0.135 e. The number of hydrogen-bond donors (Lipinski definition) is 1. The van der Waals surface area contributed by atoms with Crippen LogP contribution in [-0.2, 0) is 0 Å². The molecule has 1 unspecified atom stereocenters. The molecule has 0 spiro atoms. The number of benzene rings is 1. The van der Waals surface area contributed by atoms with Crippen LogP contribution in [-0.4, -0.2) is 18.4 Å². The van der Waals surface area contributed by atoms with Crippen molar-refractivity contribution in [1.82, 2.24) is 0 Å². The Hall–Kier alpha value is -1.32. The molecule has 0 saturated heterocycles. The second kappa shape index (κ2) is 5.34. The molecule has 3 nitrogen and oxygen atoms in total. The summed E-state index contributed by atoms with van der Waals surface area (Å²) >= 11 is 5.84. The third-order valence-corrected chi connectivity index (χ3v) is 2.96. The lowest BCUT2D eigenvalue weighted by Gasteiger charge is -2.31. The molecule has 0 fully saturated rings. The third-order valence-electron chi connectivity index (χ3n) is 2.71. The van der Waals surface area contributed by atoms with E-state index in [0.717, 1.165) is 18.6 Å². The summed E-state index contributed by atoms with van der Waals surface area (Å²) in [4.78, 5) is 4.06. The summed E-state index contributed by atoms with van der Waals surface area (Å²) in [5.41, 5.74) is 5.27. The lowest BCUT2D eigenvalue weighted by Crippen LogP contribution is -2.37. The molecule has 1 atom stereocenters. The fourth-order valence-electron chi connectivity index (χ4n) is 1.81. The van der Waals surface area contributed by atoms with Crippen molar-refractivity contribution in [1.29, 1.82) is 0 Å². The summed E-state index contributed by atoms with van der Waals surface area (Å²) in [5.74, 6) is 0.794. The molecule has 2 N–H and O–H groups in total. The molecular formula is C13H15ClN2O. The van der Waals surface area contributed by atoms with E-state index in [1.165, 1.54) is 0 Å². The highest BCUT2D eigenvalue weighted by Crippen LogP contribution is 2.27. The zero-order valence-corrected chi connectivity index (χ0v) is 10.2. The maximum atomic E-state index is 6.02. The van der Waals surface area contributed by atoms with Gasteiger partial charge in [-0.05, 0) is 36.9 Å². The number of aliphatic imine (C=N–C) groups is 1. The maximum Gasteiger partial charge on any atom is 0.135 e. The van der Waals surface area contributed by atoms with E-state index >= 15 is 0 Å². The Labute approximate surface area is 106 Å². The molecule has 0 aliphatic carbocycles. The van der Waals surface area contributed by atoms with E-state index in [2.05, 4.69) is 4.99 Å². The summed E-state index contributed by atoms with van der Waals surface area (Å²) in [6, 6.07) is 7.35. The zero-order valence-electron chi connectivity index (χ0n) is 9.47. The molecular weight excluding hydrogens is 236 g/mol. The molecule has 1 aliphatic heterocycles. The number of ether oxygens (including phenoxy) is 1. The maximum absolute atomic E-state index is 6.02. The van der Waals surface area contributed by atoms with E-state index in [1.54, 1.807) is 6.20 Å². The zero-order chi connectivity index (χ0) is 12.1. The van der Waals surface area contributed by atoms with Crippen molar-refractivity contribution in [2.75, 3.05) is 6.54 Å². The molecule has 0 aromatic heterocycles. The minimum Gasteiger partial charge on any atom is -0.483 e. The minimum absolute atomic E-state index is 0.371. The van der Waals surface area contributed by atoms with Gasteiger partial charge < -0.3 is 10.5 Å². The van der Waals surface area contributed by atoms with Crippen molar-refractivity contribution in [2.24, 2.45) is 10.7 Å². The second-order valence-electron chi connectivity index (χ2n) is 4.01. The quantitative estimate of drug-likeness (QED) is 0.893. The lowest BCUT2D eigenvalue weighted by molar-refractivity contribution is 0.120. The molecule has 17 heavy (non-hydrogen) atoms. The first-order valence-electron chi connectivity index (χ1n) is 5.58.